The number of nitrogens with zero attached hydrogens (tertiary/aromatic N) is 4. The highest BCUT2D eigenvalue weighted by atomic mass is 35.5. The zero-order valence-electron chi connectivity index (χ0n) is 29.1. The number of aromatic nitrogens is 1. The van der Waals surface area contributed by atoms with Crippen molar-refractivity contribution in [2.24, 2.45) is 0 Å². The van der Waals surface area contributed by atoms with Gasteiger partial charge in [0.15, 0.2) is 0 Å². The van der Waals surface area contributed by atoms with Gasteiger partial charge in [0.25, 0.3) is 0 Å². The summed E-state index contributed by atoms with van der Waals surface area (Å²) in [5.74, 6) is -2.35. The molecule has 11 nitrogen and oxygen atoms in total. The lowest BCUT2D eigenvalue weighted by Gasteiger charge is -2.38. The molecule has 2 aromatic rings. The van der Waals surface area contributed by atoms with Crippen molar-refractivity contribution in [1.29, 1.82) is 0 Å². The van der Waals surface area contributed by atoms with Crippen LogP contribution in [0.2, 0.25) is 10.0 Å². The van der Waals surface area contributed by atoms with Crippen molar-refractivity contribution < 1.29 is 28.7 Å². The van der Waals surface area contributed by atoms with Crippen molar-refractivity contribution >= 4 is 58.3 Å². The zero-order valence-corrected chi connectivity index (χ0v) is 31.4. The SMILES string of the molecule is COC(=O)C1=C(CCc2nccs2)NC(CC(=O)N2CCN(CCCC(C)(C)N3CCCC3=O)CC2)=C(C(=O)OC)C1c1c(Cl)cccc1Cl. The van der Waals surface area contributed by atoms with E-state index in [0.29, 0.717) is 62.4 Å². The Morgan fingerprint density at radius 3 is 2.22 bits per heavy atom. The fourth-order valence-corrected chi connectivity index (χ4v) is 8.41. The fraction of sp³-hybridized carbons (Fsp3) is 0.528. The average molecular weight is 747 g/mol. The number of aryl methyl sites for hydroxylation is 1. The fourth-order valence-electron chi connectivity index (χ4n) is 7.17. The predicted molar refractivity (Wildman–Crippen MR) is 193 cm³/mol. The normalized spacial score (nSPS) is 18.8. The molecule has 3 aliphatic heterocycles. The standard InChI is InChI=1S/C36H45Cl2N5O6S/c1-36(2,43-16-6-10-28(43)44)13-7-15-41-17-19-42(20-18-41)29(45)22-26-32(35(47)49-4)33(30-23(37)8-5-9-24(30)38)31(34(46)48-3)25(40-26)11-12-27-39-14-21-50-27/h5,8-9,14,21,33,40H,6-7,10-13,15-20,22H2,1-4H3. The molecule has 0 aliphatic carbocycles. The van der Waals surface area contributed by atoms with E-state index < -0.39 is 17.9 Å². The second kappa shape index (κ2) is 16.7. The summed E-state index contributed by atoms with van der Waals surface area (Å²) in [6.07, 6.45) is 5.87. The Labute approximate surface area is 307 Å². The van der Waals surface area contributed by atoms with E-state index >= 15 is 0 Å². The van der Waals surface area contributed by atoms with E-state index in [1.165, 1.54) is 25.6 Å². The molecule has 50 heavy (non-hydrogen) atoms. The highest BCUT2D eigenvalue weighted by Gasteiger charge is 2.42. The molecule has 4 heterocycles. The molecule has 0 saturated carbocycles. The van der Waals surface area contributed by atoms with Crippen LogP contribution in [0.3, 0.4) is 0 Å². The van der Waals surface area contributed by atoms with Crippen LogP contribution in [0, 0.1) is 0 Å². The molecule has 3 aliphatic rings. The van der Waals surface area contributed by atoms with Crippen molar-refractivity contribution in [1.82, 2.24) is 25.0 Å². The number of rotatable bonds is 13. The third kappa shape index (κ3) is 8.53. The second-order valence-corrected chi connectivity index (χ2v) is 15.1. The summed E-state index contributed by atoms with van der Waals surface area (Å²) in [5, 5.41) is 6.54. The average Bonchev–Trinajstić information content (AvgIpc) is 3.79. The Bertz CT molecular complexity index is 1630. The van der Waals surface area contributed by atoms with Crippen molar-refractivity contribution in [2.45, 2.75) is 70.3 Å². The molecule has 0 bridgehead atoms. The Hall–Kier alpha value is -3.45. The zero-order chi connectivity index (χ0) is 36.0. The first-order valence-corrected chi connectivity index (χ1v) is 18.6. The number of methoxy groups -OCH3 is 2. The van der Waals surface area contributed by atoms with Gasteiger partial charge in [-0.1, -0.05) is 29.3 Å². The predicted octanol–water partition coefficient (Wildman–Crippen LogP) is 5.34. The molecule has 14 heteroatoms. The number of amides is 2. The van der Waals surface area contributed by atoms with Gasteiger partial charge < -0.3 is 24.6 Å². The van der Waals surface area contributed by atoms with Crippen LogP contribution in [0.15, 0.2) is 52.3 Å². The molecule has 1 aromatic carbocycles. The number of esters is 2. The minimum absolute atomic E-state index is 0.0759. The number of halogens is 2. The largest absolute Gasteiger partial charge is 0.466 e. The number of nitrogens with one attached hydrogen (secondary N) is 1. The van der Waals surface area contributed by atoms with Gasteiger partial charge in [-0.25, -0.2) is 14.6 Å². The summed E-state index contributed by atoms with van der Waals surface area (Å²) < 4.78 is 10.5. The molecular weight excluding hydrogens is 701 g/mol. The first-order valence-electron chi connectivity index (χ1n) is 17.0. The number of carbonyl (C=O) groups is 4. The van der Waals surface area contributed by atoms with Crippen molar-refractivity contribution in [3.63, 3.8) is 0 Å². The molecule has 270 valence electrons. The summed E-state index contributed by atoms with van der Waals surface area (Å²) in [6, 6.07) is 4.96. The number of thiazole rings is 1. The third-order valence-corrected chi connectivity index (χ3v) is 11.3. The number of carbonyl (C=O) groups excluding carboxylic acids is 4. The van der Waals surface area contributed by atoms with Crippen LogP contribution in [-0.4, -0.2) is 102 Å². The number of ether oxygens (including phenoxy) is 2. The van der Waals surface area contributed by atoms with Crippen LogP contribution in [0.25, 0.3) is 0 Å². The molecule has 1 aromatic heterocycles. The van der Waals surface area contributed by atoms with Crippen LogP contribution in [0.5, 0.6) is 0 Å². The summed E-state index contributed by atoms with van der Waals surface area (Å²) in [6.45, 7) is 8.50. The van der Waals surface area contributed by atoms with Crippen LogP contribution in [0.4, 0.5) is 0 Å². The lowest BCUT2D eigenvalue weighted by molar-refractivity contribution is -0.137. The van der Waals surface area contributed by atoms with Gasteiger partial charge >= 0.3 is 11.9 Å². The Morgan fingerprint density at radius 2 is 1.64 bits per heavy atom. The maximum atomic E-state index is 13.9. The number of likely N-dealkylation sites (tertiary alicyclic amines) is 1. The Kier molecular flexibility index (Phi) is 12.6. The topological polar surface area (TPSA) is 121 Å². The summed E-state index contributed by atoms with van der Waals surface area (Å²) in [4.78, 5) is 63.9. The maximum Gasteiger partial charge on any atom is 0.336 e. The quantitative estimate of drug-likeness (QED) is 0.271. The van der Waals surface area contributed by atoms with Crippen molar-refractivity contribution in [2.75, 3.05) is 53.5 Å². The van der Waals surface area contributed by atoms with Crippen molar-refractivity contribution in [3.05, 3.63) is 72.9 Å². The van der Waals surface area contributed by atoms with Crippen LogP contribution in [0.1, 0.15) is 68.9 Å². The van der Waals surface area contributed by atoms with E-state index in [4.69, 9.17) is 32.7 Å². The maximum absolute atomic E-state index is 13.9. The first-order chi connectivity index (χ1) is 23.9. The van der Waals surface area contributed by atoms with E-state index in [0.717, 1.165) is 37.4 Å². The minimum atomic E-state index is -1.05. The van der Waals surface area contributed by atoms with E-state index in [1.807, 2.05) is 10.3 Å². The van der Waals surface area contributed by atoms with E-state index in [2.05, 4.69) is 29.0 Å². The minimum Gasteiger partial charge on any atom is -0.466 e. The van der Waals surface area contributed by atoms with Gasteiger partial charge in [-0.15, -0.1) is 11.3 Å². The number of hydrogen-bond donors (Lipinski definition) is 1. The molecule has 1 N–H and O–H groups in total. The third-order valence-electron chi connectivity index (χ3n) is 9.82. The molecule has 0 radical (unpaired) electrons. The summed E-state index contributed by atoms with van der Waals surface area (Å²) >= 11 is 14.9. The molecule has 2 saturated heterocycles. The number of hydrogen-bond acceptors (Lipinski definition) is 10. The summed E-state index contributed by atoms with van der Waals surface area (Å²) in [5.41, 5.74) is 1.24. The molecule has 2 amide bonds. The van der Waals surface area contributed by atoms with E-state index in [1.54, 1.807) is 29.3 Å². The van der Waals surface area contributed by atoms with Crippen LogP contribution < -0.4 is 5.32 Å². The molecule has 2 fully saturated rings. The molecule has 1 atom stereocenters. The van der Waals surface area contributed by atoms with E-state index in [-0.39, 0.29) is 45.0 Å². The Balaban J connectivity index is 1.36. The number of benzene rings is 1. The van der Waals surface area contributed by atoms with Gasteiger partial charge in [-0.3, -0.25) is 14.5 Å². The molecular formula is C36H45Cl2N5O6S. The van der Waals surface area contributed by atoms with Crippen molar-refractivity contribution in [3.8, 4) is 0 Å². The first kappa shape index (κ1) is 37.8. The number of dihydropyridines is 1. The second-order valence-electron chi connectivity index (χ2n) is 13.4. The lowest BCUT2D eigenvalue weighted by Crippen LogP contribution is -2.50. The van der Waals surface area contributed by atoms with Gasteiger partial charge in [0.05, 0.1) is 42.7 Å². The van der Waals surface area contributed by atoms with E-state index in [9.17, 15) is 19.2 Å². The van der Waals surface area contributed by atoms with Gasteiger partial charge in [0.1, 0.15) is 0 Å². The number of piperazine rings is 1. The smallest absolute Gasteiger partial charge is 0.336 e. The molecule has 1 unspecified atom stereocenters. The van der Waals surface area contributed by atoms with Gasteiger partial charge in [-0.2, -0.15) is 0 Å². The van der Waals surface area contributed by atoms with Crippen LogP contribution in [-0.2, 0) is 35.1 Å². The molecule has 5 rings (SSSR count). The molecule has 0 spiro atoms. The van der Waals surface area contributed by atoms with Gasteiger partial charge in [0.2, 0.25) is 11.8 Å². The van der Waals surface area contributed by atoms with Crippen LogP contribution >= 0.6 is 34.5 Å². The highest BCUT2D eigenvalue weighted by molar-refractivity contribution is 7.09. The lowest BCUT2D eigenvalue weighted by atomic mass is 9.78. The highest BCUT2D eigenvalue weighted by Crippen LogP contribution is 2.46. The van der Waals surface area contributed by atoms with Gasteiger partial charge in [-0.05, 0) is 58.2 Å². The monoisotopic (exact) mass is 745 g/mol. The summed E-state index contributed by atoms with van der Waals surface area (Å²) in [7, 11) is 2.53. The van der Waals surface area contributed by atoms with Gasteiger partial charge in [0, 0.05) is 89.7 Å². The Morgan fingerprint density at radius 1 is 0.980 bits per heavy atom. The number of allylic oxidation sites excluding steroid dienone is 1.